The van der Waals surface area contributed by atoms with E-state index in [4.69, 9.17) is 14.2 Å². The van der Waals surface area contributed by atoms with Crippen molar-refractivity contribution in [1.82, 2.24) is 0 Å². The number of methoxy groups -OCH3 is 1. The summed E-state index contributed by atoms with van der Waals surface area (Å²) in [6.45, 7) is 4.83. The third kappa shape index (κ3) is 4.25. The highest BCUT2D eigenvalue weighted by molar-refractivity contribution is 5.92. The van der Waals surface area contributed by atoms with Gasteiger partial charge in [0.25, 0.3) is 0 Å². The van der Waals surface area contributed by atoms with Crippen LogP contribution >= 0.6 is 0 Å². The fourth-order valence-corrected chi connectivity index (χ4v) is 1.41. The van der Waals surface area contributed by atoms with Gasteiger partial charge in [0.15, 0.2) is 11.5 Å². The molecule has 1 rings (SSSR count). The number of carbonyl (C=O) groups excluding carboxylic acids is 1. The number of nitrogens with one attached hydrogen (secondary N) is 1. The summed E-state index contributed by atoms with van der Waals surface area (Å²) in [5.41, 5.74) is 0.656. The zero-order chi connectivity index (χ0) is 13.4. The Balaban J connectivity index is 2.71. The Bertz CT molecular complexity index is 393. The Labute approximate surface area is 107 Å². The van der Waals surface area contributed by atoms with Gasteiger partial charge < -0.3 is 19.5 Å². The number of amides is 1. The van der Waals surface area contributed by atoms with Crippen LogP contribution in [-0.4, -0.2) is 32.8 Å². The van der Waals surface area contributed by atoms with Crippen LogP contribution in [0.15, 0.2) is 18.2 Å². The van der Waals surface area contributed by atoms with E-state index in [0.717, 1.165) is 0 Å². The normalized spacial score (nSPS) is 9.94. The van der Waals surface area contributed by atoms with Crippen LogP contribution in [-0.2, 0) is 9.53 Å². The van der Waals surface area contributed by atoms with Crippen molar-refractivity contribution in [2.75, 3.05) is 32.2 Å². The first-order valence-corrected chi connectivity index (χ1v) is 5.89. The van der Waals surface area contributed by atoms with Crippen molar-refractivity contribution in [1.29, 1.82) is 0 Å². The molecule has 0 fully saturated rings. The molecule has 0 bridgehead atoms. The Hall–Kier alpha value is -1.75. The monoisotopic (exact) mass is 253 g/mol. The molecular weight excluding hydrogens is 234 g/mol. The highest BCUT2D eigenvalue weighted by atomic mass is 16.5. The van der Waals surface area contributed by atoms with E-state index in [-0.39, 0.29) is 12.5 Å². The van der Waals surface area contributed by atoms with E-state index in [0.29, 0.717) is 30.4 Å². The lowest BCUT2D eigenvalue weighted by molar-refractivity contribution is -0.120. The highest BCUT2D eigenvalue weighted by Crippen LogP contribution is 2.30. The number of ether oxygens (including phenoxy) is 3. The molecule has 18 heavy (non-hydrogen) atoms. The molecule has 1 aromatic rings. The van der Waals surface area contributed by atoms with Crippen LogP contribution in [0.1, 0.15) is 13.8 Å². The molecule has 0 aliphatic heterocycles. The number of anilines is 1. The molecule has 1 aromatic carbocycles. The number of carbonyl (C=O) groups is 1. The van der Waals surface area contributed by atoms with Gasteiger partial charge >= 0.3 is 0 Å². The first kappa shape index (κ1) is 14.3. The van der Waals surface area contributed by atoms with Gasteiger partial charge in [-0.25, -0.2) is 0 Å². The molecule has 1 N–H and O–H groups in total. The second kappa shape index (κ2) is 7.55. The Morgan fingerprint density at radius 2 is 2.00 bits per heavy atom. The van der Waals surface area contributed by atoms with Gasteiger partial charge in [-0.1, -0.05) is 0 Å². The standard InChI is InChI=1S/C13H19NO4/c1-4-17-9-13(15)14-10-6-7-11(16-3)12(8-10)18-5-2/h6-8H,4-5,9H2,1-3H3,(H,14,15). The minimum atomic E-state index is -0.190. The SMILES string of the molecule is CCOCC(=O)Nc1ccc(OC)c(OCC)c1. The van der Waals surface area contributed by atoms with Gasteiger partial charge in [-0.2, -0.15) is 0 Å². The van der Waals surface area contributed by atoms with Gasteiger partial charge in [-0.3, -0.25) is 4.79 Å². The quantitative estimate of drug-likeness (QED) is 0.808. The molecule has 0 atom stereocenters. The average Bonchev–Trinajstić information content (AvgIpc) is 2.37. The summed E-state index contributed by atoms with van der Waals surface area (Å²) in [6, 6.07) is 5.23. The van der Waals surface area contributed by atoms with Gasteiger partial charge in [0, 0.05) is 18.4 Å². The zero-order valence-corrected chi connectivity index (χ0v) is 11.0. The molecular formula is C13H19NO4. The van der Waals surface area contributed by atoms with Crippen molar-refractivity contribution < 1.29 is 19.0 Å². The molecule has 1 amide bonds. The van der Waals surface area contributed by atoms with Crippen LogP contribution in [0.4, 0.5) is 5.69 Å². The fourth-order valence-electron chi connectivity index (χ4n) is 1.41. The molecule has 0 spiro atoms. The summed E-state index contributed by atoms with van der Waals surface area (Å²) in [5.74, 6) is 1.05. The molecule has 5 nitrogen and oxygen atoms in total. The van der Waals surface area contributed by atoms with E-state index >= 15 is 0 Å². The number of rotatable bonds is 7. The Kier molecular flexibility index (Phi) is 6.00. The van der Waals surface area contributed by atoms with Crippen molar-refractivity contribution in [2.24, 2.45) is 0 Å². The molecule has 0 aromatic heterocycles. The van der Waals surface area contributed by atoms with Crippen LogP contribution < -0.4 is 14.8 Å². The molecule has 0 aliphatic rings. The van der Waals surface area contributed by atoms with Crippen molar-refractivity contribution >= 4 is 11.6 Å². The lowest BCUT2D eigenvalue weighted by atomic mass is 10.2. The van der Waals surface area contributed by atoms with E-state index < -0.39 is 0 Å². The maximum atomic E-state index is 11.5. The third-order valence-electron chi connectivity index (χ3n) is 2.18. The first-order valence-electron chi connectivity index (χ1n) is 5.89. The minimum absolute atomic E-state index is 0.0481. The topological polar surface area (TPSA) is 56.8 Å². The summed E-state index contributed by atoms with van der Waals surface area (Å²) < 4.78 is 15.6. The molecule has 100 valence electrons. The summed E-state index contributed by atoms with van der Waals surface area (Å²) in [4.78, 5) is 11.5. The van der Waals surface area contributed by atoms with Gasteiger partial charge in [0.05, 0.1) is 13.7 Å². The molecule has 5 heteroatoms. The van der Waals surface area contributed by atoms with Crippen molar-refractivity contribution in [2.45, 2.75) is 13.8 Å². The molecule has 0 radical (unpaired) electrons. The summed E-state index contributed by atoms with van der Waals surface area (Å²) >= 11 is 0. The van der Waals surface area contributed by atoms with Crippen LogP contribution in [0.3, 0.4) is 0 Å². The fraction of sp³-hybridized carbons (Fsp3) is 0.462. The maximum Gasteiger partial charge on any atom is 0.250 e. The summed E-state index contributed by atoms with van der Waals surface area (Å²) in [5, 5.41) is 2.73. The van der Waals surface area contributed by atoms with Gasteiger partial charge in [0.2, 0.25) is 5.91 Å². The predicted molar refractivity (Wildman–Crippen MR) is 69.3 cm³/mol. The van der Waals surface area contributed by atoms with Crippen molar-refractivity contribution in [3.8, 4) is 11.5 Å². The van der Waals surface area contributed by atoms with E-state index in [1.807, 2.05) is 13.8 Å². The summed E-state index contributed by atoms with van der Waals surface area (Å²) in [7, 11) is 1.57. The van der Waals surface area contributed by atoms with Crippen molar-refractivity contribution in [3.05, 3.63) is 18.2 Å². The van der Waals surface area contributed by atoms with E-state index in [1.54, 1.807) is 25.3 Å². The second-order valence-corrected chi connectivity index (χ2v) is 3.48. The third-order valence-corrected chi connectivity index (χ3v) is 2.18. The van der Waals surface area contributed by atoms with Gasteiger partial charge in [-0.15, -0.1) is 0 Å². The van der Waals surface area contributed by atoms with Gasteiger partial charge in [-0.05, 0) is 26.0 Å². The largest absolute Gasteiger partial charge is 0.493 e. The van der Waals surface area contributed by atoms with Gasteiger partial charge in [0.1, 0.15) is 6.61 Å². The molecule has 0 saturated heterocycles. The van der Waals surface area contributed by atoms with Crippen molar-refractivity contribution in [3.63, 3.8) is 0 Å². The van der Waals surface area contributed by atoms with Crippen LogP contribution in [0.25, 0.3) is 0 Å². The number of hydrogen-bond donors (Lipinski definition) is 1. The van der Waals surface area contributed by atoms with Crippen LogP contribution in [0.5, 0.6) is 11.5 Å². The maximum absolute atomic E-state index is 11.5. The van der Waals surface area contributed by atoms with E-state index in [1.165, 1.54) is 0 Å². The second-order valence-electron chi connectivity index (χ2n) is 3.48. The lowest BCUT2D eigenvalue weighted by Crippen LogP contribution is -2.18. The first-order chi connectivity index (χ1) is 8.71. The molecule has 0 unspecified atom stereocenters. The minimum Gasteiger partial charge on any atom is -0.493 e. The zero-order valence-electron chi connectivity index (χ0n) is 11.0. The van der Waals surface area contributed by atoms with E-state index in [2.05, 4.69) is 5.32 Å². The van der Waals surface area contributed by atoms with Crippen LogP contribution in [0, 0.1) is 0 Å². The number of hydrogen-bond acceptors (Lipinski definition) is 4. The highest BCUT2D eigenvalue weighted by Gasteiger charge is 2.07. The molecule has 0 aliphatic carbocycles. The number of benzene rings is 1. The molecule has 0 saturated carbocycles. The average molecular weight is 253 g/mol. The molecule has 0 heterocycles. The van der Waals surface area contributed by atoms with E-state index in [9.17, 15) is 4.79 Å². The Morgan fingerprint density at radius 3 is 2.61 bits per heavy atom. The summed E-state index contributed by atoms with van der Waals surface area (Å²) in [6.07, 6.45) is 0. The predicted octanol–water partition coefficient (Wildman–Crippen LogP) is 2.07. The smallest absolute Gasteiger partial charge is 0.250 e. The van der Waals surface area contributed by atoms with Crippen LogP contribution in [0.2, 0.25) is 0 Å². The Morgan fingerprint density at radius 1 is 1.22 bits per heavy atom. The lowest BCUT2D eigenvalue weighted by Gasteiger charge is -2.11.